The lowest BCUT2D eigenvalue weighted by Crippen LogP contribution is -2.44. The molecule has 0 aliphatic carbocycles. The lowest BCUT2D eigenvalue weighted by Gasteiger charge is -2.26. The highest BCUT2D eigenvalue weighted by Crippen LogP contribution is 2.08. The van der Waals surface area contributed by atoms with Crippen molar-refractivity contribution in [3.05, 3.63) is 24.0 Å². The lowest BCUT2D eigenvalue weighted by molar-refractivity contribution is -0.130. The lowest BCUT2D eigenvalue weighted by atomic mass is 10.2. The zero-order chi connectivity index (χ0) is 13.2. The number of anilines is 1. The van der Waals surface area contributed by atoms with Crippen LogP contribution in [-0.2, 0) is 21.1 Å². The fourth-order valence-electron chi connectivity index (χ4n) is 1.77. The van der Waals surface area contributed by atoms with Crippen molar-refractivity contribution in [2.24, 2.45) is 0 Å². The summed E-state index contributed by atoms with van der Waals surface area (Å²) in [4.78, 5) is 17.5. The Morgan fingerprint density at radius 2 is 2.00 bits per heavy atom. The molecular weight excluding hydrogens is 254 g/mol. The first-order valence-corrected chi connectivity index (χ1v) is 7.47. The van der Waals surface area contributed by atoms with E-state index in [9.17, 15) is 13.2 Å². The van der Waals surface area contributed by atoms with Gasteiger partial charge in [0.15, 0.2) is 9.84 Å². The Morgan fingerprint density at radius 3 is 2.56 bits per heavy atom. The van der Waals surface area contributed by atoms with E-state index < -0.39 is 9.84 Å². The van der Waals surface area contributed by atoms with Crippen molar-refractivity contribution in [1.82, 2.24) is 9.88 Å². The van der Waals surface area contributed by atoms with Gasteiger partial charge in [0.1, 0.15) is 0 Å². The van der Waals surface area contributed by atoms with Crippen LogP contribution in [0.4, 0.5) is 5.69 Å². The van der Waals surface area contributed by atoms with Gasteiger partial charge >= 0.3 is 0 Å². The molecule has 1 fully saturated rings. The van der Waals surface area contributed by atoms with E-state index in [0.717, 1.165) is 0 Å². The van der Waals surface area contributed by atoms with Crippen molar-refractivity contribution < 1.29 is 13.2 Å². The molecule has 0 saturated carbocycles. The maximum Gasteiger partial charge on any atom is 0.228 e. The van der Waals surface area contributed by atoms with Gasteiger partial charge in [-0.3, -0.25) is 9.78 Å². The van der Waals surface area contributed by atoms with Crippen LogP contribution in [0.25, 0.3) is 0 Å². The molecule has 1 aromatic heterocycles. The van der Waals surface area contributed by atoms with E-state index in [-0.39, 0.29) is 36.9 Å². The van der Waals surface area contributed by atoms with Gasteiger partial charge in [-0.05, 0) is 12.1 Å². The van der Waals surface area contributed by atoms with Crippen LogP contribution in [0.3, 0.4) is 0 Å². The molecule has 1 amide bonds. The standard InChI is InChI=1S/C11H15N3O3S/c12-9-1-2-10(13-8-9)7-11(15)14-3-5-18(16,17)6-4-14/h1-2,8H,3-7,12H2. The zero-order valence-corrected chi connectivity index (χ0v) is 10.7. The number of carbonyl (C=O) groups excluding carboxylic acids is 1. The Bertz CT molecular complexity index is 525. The molecular formula is C11H15N3O3S. The van der Waals surface area contributed by atoms with Crippen LogP contribution < -0.4 is 5.73 Å². The maximum atomic E-state index is 11.9. The number of sulfone groups is 1. The molecule has 1 aromatic rings. The molecule has 0 radical (unpaired) electrons. The van der Waals surface area contributed by atoms with Crippen LogP contribution in [0.15, 0.2) is 18.3 Å². The second kappa shape index (κ2) is 4.93. The van der Waals surface area contributed by atoms with E-state index >= 15 is 0 Å². The average molecular weight is 269 g/mol. The second-order valence-electron chi connectivity index (χ2n) is 4.29. The highest BCUT2D eigenvalue weighted by Gasteiger charge is 2.24. The topological polar surface area (TPSA) is 93.4 Å². The quantitative estimate of drug-likeness (QED) is 0.778. The molecule has 98 valence electrons. The minimum atomic E-state index is -2.95. The van der Waals surface area contributed by atoms with Crippen molar-refractivity contribution in [3.8, 4) is 0 Å². The Labute approximate surface area is 106 Å². The summed E-state index contributed by atoms with van der Waals surface area (Å²) in [6.45, 7) is 0.548. The van der Waals surface area contributed by atoms with Gasteiger partial charge < -0.3 is 10.6 Å². The number of pyridine rings is 1. The minimum Gasteiger partial charge on any atom is -0.397 e. The number of hydrogen-bond donors (Lipinski definition) is 1. The largest absolute Gasteiger partial charge is 0.397 e. The number of amides is 1. The number of carbonyl (C=O) groups is 1. The molecule has 2 heterocycles. The van der Waals surface area contributed by atoms with Crippen LogP contribution in [0.1, 0.15) is 5.69 Å². The first-order chi connectivity index (χ1) is 8.46. The van der Waals surface area contributed by atoms with Crippen molar-refractivity contribution in [1.29, 1.82) is 0 Å². The fourth-order valence-corrected chi connectivity index (χ4v) is 2.97. The van der Waals surface area contributed by atoms with Gasteiger partial charge in [0, 0.05) is 18.8 Å². The summed E-state index contributed by atoms with van der Waals surface area (Å²) in [5.41, 5.74) is 6.70. The monoisotopic (exact) mass is 269 g/mol. The molecule has 0 aromatic carbocycles. The van der Waals surface area contributed by atoms with Crippen molar-refractivity contribution in [2.75, 3.05) is 30.3 Å². The summed E-state index contributed by atoms with van der Waals surface area (Å²) in [6, 6.07) is 3.39. The first-order valence-electron chi connectivity index (χ1n) is 5.65. The number of nitrogens with zero attached hydrogens (tertiary/aromatic N) is 2. The molecule has 1 saturated heterocycles. The summed E-state index contributed by atoms with van der Waals surface area (Å²) in [5, 5.41) is 0. The first kappa shape index (κ1) is 12.8. The third-order valence-electron chi connectivity index (χ3n) is 2.88. The van der Waals surface area contributed by atoms with Gasteiger partial charge in [-0.1, -0.05) is 0 Å². The van der Waals surface area contributed by atoms with Gasteiger partial charge in [0.25, 0.3) is 0 Å². The number of aromatic nitrogens is 1. The molecule has 18 heavy (non-hydrogen) atoms. The molecule has 7 heteroatoms. The molecule has 0 unspecified atom stereocenters. The Balaban J connectivity index is 1.95. The SMILES string of the molecule is Nc1ccc(CC(=O)N2CCS(=O)(=O)CC2)nc1. The van der Waals surface area contributed by atoms with Crippen molar-refractivity contribution in [2.45, 2.75) is 6.42 Å². The van der Waals surface area contributed by atoms with Crippen molar-refractivity contribution in [3.63, 3.8) is 0 Å². The van der Waals surface area contributed by atoms with E-state index in [0.29, 0.717) is 11.4 Å². The number of nitrogens with two attached hydrogens (primary N) is 1. The average Bonchev–Trinajstić information content (AvgIpc) is 2.32. The summed E-state index contributed by atoms with van der Waals surface area (Å²) in [6.07, 6.45) is 1.68. The Hall–Kier alpha value is -1.63. The third kappa shape index (κ3) is 3.19. The predicted molar refractivity (Wildman–Crippen MR) is 67.6 cm³/mol. The number of rotatable bonds is 2. The van der Waals surface area contributed by atoms with E-state index in [2.05, 4.69) is 4.98 Å². The molecule has 2 N–H and O–H groups in total. The van der Waals surface area contributed by atoms with Gasteiger partial charge in [-0.15, -0.1) is 0 Å². The summed E-state index contributed by atoms with van der Waals surface area (Å²) in [7, 11) is -2.95. The molecule has 0 bridgehead atoms. The van der Waals surface area contributed by atoms with Gasteiger partial charge in [0.2, 0.25) is 5.91 Å². The highest BCUT2D eigenvalue weighted by atomic mass is 32.2. The summed E-state index contributed by atoms with van der Waals surface area (Å²) in [5.74, 6) is 0.00381. The van der Waals surface area contributed by atoms with E-state index in [4.69, 9.17) is 5.73 Å². The fraction of sp³-hybridized carbons (Fsp3) is 0.455. The normalized spacial score (nSPS) is 18.6. The Kier molecular flexibility index (Phi) is 3.51. The minimum absolute atomic E-state index is 0.0495. The van der Waals surface area contributed by atoms with Gasteiger partial charge in [-0.25, -0.2) is 8.42 Å². The molecule has 1 aliphatic heterocycles. The van der Waals surface area contributed by atoms with Crippen LogP contribution in [0, 0.1) is 0 Å². The molecule has 6 nitrogen and oxygen atoms in total. The molecule has 0 spiro atoms. The van der Waals surface area contributed by atoms with Gasteiger partial charge in [0.05, 0.1) is 29.8 Å². The second-order valence-corrected chi connectivity index (χ2v) is 6.60. The van der Waals surface area contributed by atoms with Crippen molar-refractivity contribution >= 4 is 21.4 Å². The summed E-state index contributed by atoms with van der Waals surface area (Å²) < 4.78 is 22.5. The third-order valence-corrected chi connectivity index (χ3v) is 4.49. The molecule has 2 rings (SSSR count). The van der Waals surface area contributed by atoms with Crippen LogP contribution in [0.2, 0.25) is 0 Å². The van der Waals surface area contributed by atoms with E-state index in [1.165, 1.54) is 6.20 Å². The number of nitrogen functional groups attached to an aromatic ring is 1. The van der Waals surface area contributed by atoms with Crippen LogP contribution in [0.5, 0.6) is 0 Å². The van der Waals surface area contributed by atoms with Crippen LogP contribution in [-0.4, -0.2) is 48.8 Å². The summed E-state index contributed by atoms with van der Waals surface area (Å²) >= 11 is 0. The zero-order valence-electron chi connectivity index (χ0n) is 9.87. The maximum absolute atomic E-state index is 11.9. The Morgan fingerprint density at radius 1 is 1.33 bits per heavy atom. The highest BCUT2D eigenvalue weighted by molar-refractivity contribution is 7.91. The van der Waals surface area contributed by atoms with E-state index in [1.54, 1.807) is 17.0 Å². The number of hydrogen-bond acceptors (Lipinski definition) is 5. The molecule has 0 atom stereocenters. The van der Waals surface area contributed by atoms with Crippen LogP contribution >= 0.6 is 0 Å². The molecule has 1 aliphatic rings. The predicted octanol–water partition coefficient (Wildman–Crippen LogP) is -0.537. The van der Waals surface area contributed by atoms with Gasteiger partial charge in [-0.2, -0.15) is 0 Å². The van der Waals surface area contributed by atoms with E-state index in [1.807, 2.05) is 0 Å². The smallest absolute Gasteiger partial charge is 0.228 e.